The van der Waals surface area contributed by atoms with Crippen LogP contribution in [0.25, 0.3) is 0 Å². The van der Waals surface area contributed by atoms with Gasteiger partial charge in [-0.2, -0.15) is 0 Å². The van der Waals surface area contributed by atoms with E-state index < -0.39 is 17.7 Å². The SMILES string of the molecule is COC(=O)C1(C(=O)OC)Oc2ccc(C(C)=O)cc2O1. The molecule has 2 rings (SSSR count). The van der Waals surface area contributed by atoms with Gasteiger partial charge < -0.3 is 18.9 Å². The lowest BCUT2D eigenvalue weighted by molar-refractivity contribution is -0.199. The molecule has 0 N–H and O–H groups in total. The number of carbonyl (C=O) groups is 3. The van der Waals surface area contributed by atoms with Crippen molar-refractivity contribution >= 4 is 17.7 Å². The second kappa shape index (κ2) is 4.84. The highest BCUT2D eigenvalue weighted by molar-refractivity contribution is 6.03. The van der Waals surface area contributed by atoms with E-state index in [1.807, 2.05) is 0 Å². The first-order valence-corrected chi connectivity index (χ1v) is 5.64. The third kappa shape index (κ3) is 1.97. The summed E-state index contributed by atoms with van der Waals surface area (Å²) in [6.07, 6.45) is 0. The van der Waals surface area contributed by atoms with Crippen molar-refractivity contribution < 1.29 is 33.3 Å². The Morgan fingerprint density at radius 2 is 1.55 bits per heavy atom. The van der Waals surface area contributed by atoms with Gasteiger partial charge in [-0.15, -0.1) is 0 Å². The van der Waals surface area contributed by atoms with Crippen LogP contribution in [0.3, 0.4) is 0 Å². The molecule has 7 heteroatoms. The predicted molar refractivity (Wildman–Crippen MR) is 64.5 cm³/mol. The lowest BCUT2D eigenvalue weighted by Gasteiger charge is -2.21. The zero-order valence-corrected chi connectivity index (χ0v) is 11.1. The van der Waals surface area contributed by atoms with Gasteiger partial charge in [0, 0.05) is 5.56 Å². The molecule has 0 radical (unpaired) electrons. The third-order valence-corrected chi connectivity index (χ3v) is 2.77. The standard InChI is InChI=1S/C13H12O7/c1-7(14)8-4-5-9-10(6-8)20-13(19-9,11(15)17-2)12(16)18-3/h4-6H,1-3H3. The van der Waals surface area contributed by atoms with Crippen LogP contribution in [0.5, 0.6) is 11.5 Å². The van der Waals surface area contributed by atoms with Crippen molar-refractivity contribution in [3.8, 4) is 11.5 Å². The van der Waals surface area contributed by atoms with Crippen LogP contribution in [0.15, 0.2) is 18.2 Å². The maximum absolute atomic E-state index is 11.8. The molecule has 0 saturated carbocycles. The number of Topliss-reactive ketones (excluding diaryl/α,β-unsaturated/α-hetero) is 1. The van der Waals surface area contributed by atoms with E-state index in [1.54, 1.807) is 0 Å². The van der Waals surface area contributed by atoms with Gasteiger partial charge >= 0.3 is 17.7 Å². The minimum atomic E-state index is -2.33. The molecular formula is C13H12O7. The van der Waals surface area contributed by atoms with Gasteiger partial charge in [0.15, 0.2) is 17.3 Å². The summed E-state index contributed by atoms with van der Waals surface area (Å²) >= 11 is 0. The van der Waals surface area contributed by atoms with E-state index in [0.29, 0.717) is 5.56 Å². The highest BCUT2D eigenvalue weighted by Gasteiger charge is 2.59. The molecule has 0 atom stereocenters. The zero-order valence-electron chi connectivity index (χ0n) is 11.1. The van der Waals surface area contributed by atoms with Gasteiger partial charge in [0.25, 0.3) is 0 Å². The van der Waals surface area contributed by atoms with Crippen molar-refractivity contribution in [2.45, 2.75) is 12.7 Å². The van der Waals surface area contributed by atoms with Crippen LogP contribution in [0, 0.1) is 0 Å². The number of carbonyl (C=O) groups excluding carboxylic acids is 3. The smallest absolute Gasteiger partial charge is 0.453 e. The minimum absolute atomic E-state index is 0.0912. The molecule has 0 aromatic heterocycles. The summed E-state index contributed by atoms with van der Waals surface area (Å²) < 4.78 is 19.5. The van der Waals surface area contributed by atoms with Crippen molar-refractivity contribution in [3.05, 3.63) is 23.8 Å². The van der Waals surface area contributed by atoms with Gasteiger partial charge in [0.2, 0.25) is 0 Å². The largest absolute Gasteiger partial charge is 0.463 e. The minimum Gasteiger partial charge on any atom is -0.463 e. The molecule has 0 saturated heterocycles. The summed E-state index contributed by atoms with van der Waals surface area (Å²) in [5, 5.41) is 0. The number of esters is 2. The molecule has 7 nitrogen and oxygen atoms in total. The van der Waals surface area contributed by atoms with E-state index in [-0.39, 0.29) is 17.3 Å². The van der Waals surface area contributed by atoms with Crippen LogP contribution < -0.4 is 9.47 Å². The molecule has 20 heavy (non-hydrogen) atoms. The molecule has 1 aromatic carbocycles. The van der Waals surface area contributed by atoms with E-state index in [1.165, 1.54) is 25.1 Å². The lowest BCUT2D eigenvalue weighted by atomic mass is 10.1. The van der Waals surface area contributed by atoms with E-state index >= 15 is 0 Å². The summed E-state index contributed by atoms with van der Waals surface area (Å²) in [6, 6.07) is 4.31. The predicted octanol–water partition coefficient (Wildman–Crippen LogP) is 0.703. The molecule has 106 valence electrons. The number of hydrogen-bond donors (Lipinski definition) is 0. The quantitative estimate of drug-likeness (QED) is 0.457. The van der Waals surface area contributed by atoms with E-state index in [4.69, 9.17) is 9.47 Å². The van der Waals surface area contributed by atoms with Crippen molar-refractivity contribution in [1.29, 1.82) is 0 Å². The molecule has 0 amide bonds. The van der Waals surface area contributed by atoms with Crippen LogP contribution in [0.1, 0.15) is 17.3 Å². The Morgan fingerprint density at radius 1 is 1.00 bits per heavy atom. The number of rotatable bonds is 3. The number of hydrogen-bond acceptors (Lipinski definition) is 7. The average Bonchev–Trinajstić information content (AvgIpc) is 2.84. The Bertz CT molecular complexity index is 574. The van der Waals surface area contributed by atoms with Gasteiger partial charge in [0.1, 0.15) is 0 Å². The van der Waals surface area contributed by atoms with Gasteiger partial charge in [-0.25, -0.2) is 9.59 Å². The summed E-state index contributed by atoms with van der Waals surface area (Å²) in [5.74, 6) is -4.39. The molecule has 1 heterocycles. The van der Waals surface area contributed by atoms with Gasteiger partial charge in [0.05, 0.1) is 14.2 Å². The molecule has 1 aromatic rings. The van der Waals surface area contributed by atoms with Crippen LogP contribution in [0.4, 0.5) is 0 Å². The van der Waals surface area contributed by atoms with Gasteiger partial charge in [-0.05, 0) is 25.1 Å². The Balaban J connectivity index is 2.44. The fourth-order valence-corrected chi connectivity index (χ4v) is 1.74. The number of fused-ring (bicyclic) bond motifs is 1. The maximum Gasteiger partial charge on any atom is 0.453 e. The zero-order chi connectivity index (χ0) is 14.9. The normalized spacial score (nSPS) is 14.6. The molecule has 0 bridgehead atoms. The highest BCUT2D eigenvalue weighted by Crippen LogP contribution is 2.41. The summed E-state index contributed by atoms with van der Waals surface area (Å²) in [5.41, 5.74) is 0.359. The molecule has 0 unspecified atom stereocenters. The number of benzene rings is 1. The molecular weight excluding hydrogens is 268 g/mol. The van der Waals surface area contributed by atoms with Crippen LogP contribution in [-0.4, -0.2) is 37.7 Å². The first-order chi connectivity index (χ1) is 9.44. The Hall–Kier alpha value is -2.57. The molecule has 0 spiro atoms. The van der Waals surface area contributed by atoms with Gasteiger partial charge in [-0.3, -0.25) is 4.79 Å². The molecule has 1 aliphatic heterocycles. The molecule has 0 fully saturated rings. The second-order valence-electron chi connectivity index (χ2n) is 4.02. The molecule has 0 aliphatic carbocycles. The first kappa shape index (κ1) is 13.9. The first-order valence-electron chi connectivity index (χ1n) is 5.64. The summed E-state index contributed by atoms with van der Waals surface area (Å²) in [4.78, 5) is 34.9. The third-order valence-electron chi connectivity index (χ3n) is 2.77. The monoisotopic (exact) mass is 280 g/mol. The number of methoxy groups -OCH3 is 2. The topological polar surface area (TPSA) is 88.1 Å². The maximum atomic E-state index is 11.8. The van der Waals surface area contributed by atoms with Crippen LogP contribution in [0.2, 0.25) is 0 Å². The Labute approximate surface area is 114 Å². The van der Waals surface area contributed by atoms with Crippen molar-refractivity contribution in [2.75, 3.05) is 14.2 Å². The number of ketones is 1. The fourth-order valence-electron chi connectivity index (χ4n) is 1.74. The lowest BCUT2D eigenvalue weighted by Crippen LogP contribution is -2.55. The van der Waals surface area contributed by atoms with Crippen molar-refractivity contribution in [2.24, 2.45) is 0 Å². The van der Waals surface area contributed by atoms with E-state index in [9.17, 15) is 14.4 Å². The highest BCUT2D eigenvalue weighted by atomic mass is 16.8. The van der Waals surface area contributed by atoms with E-state index in [0.717, 1.165) is 14.2 Å². The fraction of sp³-hybridized carbons (Fsp3) is 0.308. The Morgan fingerprint density at radius 3 is 2.05 bits per heavy atom. The second-order valence-corrected chi connectivity index (χ2v) is 4.02. The van der Waals surface area contributed by atoms with Crippen molar-refractivity contribution in [3.63, 3.8) is 0 Å². The van der Waals surface area contributed by atoms with E-state index in [2.05, 4.69) is 9.47 Å². The van der Waals surface area contributed by atoms with Crippen LogP contribution in [-0.2, 0) is 19.1 Å². The number of ether oxygens (including phenoxy) is 4. The molecule has 1 aliphatic rings. The van der Waals surface area contributed by atoms with Crippen LogP contribution >= 0.6 is 0 Å². The van der Waals surface area contributed by atoms with Gasteiger partial charge in [-0.1, -0.05) is 0 Å². The van der Waals surface area contributed by atoms with Crippen molar-refractivity contribution in [1.82, 2.24) is 0 Å². The Kier molecular flexibility index (Phi) is 3.35. The summed E-state index contributed by atoms with van der Waals surface area (Å²) in [6.45, 7) is 1.38. The average molecular weight is 280 g/mol. The summed E-state index contributed by atoms with van der Waals surface area (Å²) in [7, 11) is 2.17.